The highest BCUT2D eigenvalue weighted by Crippen LogP contribution is 2.01. The highest BCUT2D eigenvalue weighted by Gasteiger charge is 2.07. The van der Waals surface area contributed by atoms with Gasteiger partial charge in [0.15, 0.2) is 0 Å². The summed E-state index contributed by atoms with van der Waals surface area (Å²) in [6.07, 6.45) is 4.34. The normalized spacial score (nSPS) is 10.5. The number of primary amides is 1. The average molecular weight is 207 g/mol. The van der Waals surface area contributed by atoms with Gasteiger partial charge in [0.1, 0.15) is 12.4 Å². The van der Waals surface area contributed by atoms with Crippen LogP contribution in [0.3, 0.4) is 0 Å². The second-order valence-electron chi connectivity index (χ2n) is 2.92. The minimum absolute atomic E-state index is 0.255. The van der Waals surface area contributed by atoms with Gasteiger partial charge in [-0.3, -0.25) is 4.79 Å². The van der Waals surface area contributed by atoms with Crippen molar-refractivity contribution in [1.29, 1.82) is 5.41 Å². The van der Waals surface area contributed by atoms with Crippen molar-refractivity contribution in [2.24, 2.45) is 5.73 Å². The number of allylic oxidation sites excluding steroid dienone is 1. The molecule has 1 aromatic rings. The van der Waals surface area contributed by atoms with E-state index in [0.29, 0.717) is 6.67 Å². The van der Waals surface area contributed by atoms with E-state index in [4.69, 9.17) is 11.1 Å². The lowest BCUT2D eigenvalue weighted by Gasteiger charge is -2.02. The van der Waals surface area contributed by atoms with Gasteiger partial charge in [0.05, 0.1) is 0 Å². The van der Waals surface area contributed by atoms with Crippen molar-refractivity contribution in [1.82, 2.24) is 15.1 Å². The highest BCUT2D eigenvalue weighted by molar-refractivity contribution is 5.90. The molecule has 0 aliphatic rings. The van der Waals surface area contributed by atoms with Gasteiger partial charge in [-0.05, 0) is 25.3 Å². The fourth-order valence-corrected chi connectivity index (χ4v) is 1.05. The van der Waals surface area contributed by atoms with Crippen molar-refractivity contribution < 1.29 is 4.79 Å². The molecule has 0 bridgehead atoms. The molecule has 0 radical (unpaired) electrons. The van der Waals surface area contributed by atoms with Crippen LogP contribution in [-0.4, -0.2) is 21.9 Å². The second kappa shape index (κ2) is 4.94. The lowest BCUT2D eigenvalue weighted by Crippen LogP contribution is -2.17. The molecule has 80 valence electrons. The summed E-state index contributed by atoms with van der Waals surface area (Å²) < 4.78 is 1.62. The predicted molar refractivity (Wildman–Crippen MR) is 56.5 cm³/mol. The van der Waals surface area contributed by atoms with Crippen molar-refractivity contribution in [3.63, 3.8) is 0 Å². The van der Waals surface area contributed by atoms with Gasteiger partial charge in [-0.1, -0.05) is 0 Å². The monoisotopic (exact) mass is 207 g/mol. The quantitative estimate of drug-likeness (QED) is 0.593. The van der Waals surface area contributed by atoms with Crippen LogP contribution < -0.4 is 11.1 Å². The van der Waals surface area contributed by atoms with E-state index in [1.54, 1.807) is 23.0 Å². The van der Waals surface area contributed by atoms with Crippen LogP contribution in [-0.2, 0) is 6.67 Å². The first-order valence-corrected chi connectivity index (χ1v) is 4.38. The van der Waals surface area contributed by atoms with E-state index in [2.05, 4.69) is 10.4 Å². The molecule has 0 atom stereocenters. The minimum Gasteiger partial charge on any atom is -0.372 e. The van der Waals surface area contributed by atoms with E-state index in [0.717, 1.165) is 11.9 Å². The van der Waals surface area contributed by atoms with Crippen LogP contribution in [0.25, 0.3) is 0 Å². The van der Waals surface area contributed by atoms with Gasteiger partial charge in [0.25, 0.3) is 5.91 Å². The summed E-state index contributed by atoms with van der Waals surface area (Å²) in [5.41, 5.74) is 6.20. The Kier molecular flexibility index (Phi) is 3.61. The molecule has 1 aromatic heterocycles. The molecule has 0 spiro atoms. The largest absolute Gasteiger partial charge is 0.372 e. The number of nitrogens with zero attached hydrogens (tertiary/aromatic N) is 2. The number of hydrogen-bond acceptors (Lipinski definition) is 4. The van der Waals surface area contributed by atoms with E-state index in [1.165, 1.54) is 0 Å². The predicted octanol–water partition coefficient (Wildman–Crippen LogP) is 0.000790. The Balaban J connectivity index is 2.65. The molecule has 0 saturated heterocycles. The van der Waals surface area contributed by atoms with E-state index in [1.807, 2.05) is 6.92 Å². The van der Waals surface area contributed by atoms with Crippen LogP contribution in [0.15, 0.2) is 18.3 Å². The molecule has 0 unspecified atom stereocenters. The maximum Gasteiger partial charge on any atom is 0.269 e. The SMILES string of the molecule is Cc1cc(C(N)=O)nn1CN/C=C\C=N. The molecule has 1 amide bonds. The number of nitrogens with two attached hydrogens (primary N) is 1. The van der Waals surface area contributed by atoms with Crippen LogP contribution in [0, 0.1) is 12.3 Å². The first kappa shape index (κ1) is 11.0. The van der Waals surface area contributed by atoms with Crippen molar-refractivity contribution in [3.05, 3.63) is 29.7 Å². The molecular weight excluding hydrogens is 194 g/mol. The van der Waals surface area contributed by atoms with Crippen LogP contribution >= 0.6 is 0 Å². The molecule has 6 nitrogen and oxygen atoms in total. The summed E-state index contributed by atoms with van der Waals surface area (Å²) in [5.74, 6) is -0.535. The van der Waals surface area contributed by atoms with Crippen molar-refractivity contribution in [2.45, 2.75) is 13.6 Å². The van der Waals surface area contributed by atoms with Gasteiger partial charge in [-0.15, -0.1) is 0 Å². The Morgan fingerprint density at radius 3 is 3.07 bits per heavy atom. The minimum atomic E-state index is -0.535. The maximum atomic E-state index is 10.8. The van der Waals surface area contributed by atoms with E-state index in [-0.39, 0.29) is 5.69 Å². The number of amides is 1. The topological polar surface area (TPSA) is 96.8 Å². The maximum absolute atomic E-state index is 10.8. The van der Waals surface area contributed by atoms with Crippen molar-refractivity contribution >= 4 is 12.1 Å². The van der Waals surface area contributed by atoms with Crippen LogP contribution in [0.1, 0.15) is 16.2 Å². The summed E-state index contributed by atoms with van der Waals surface area (Å²) in [6.45, 7) is 2.27. The Morgan fingerprint density at radius 2 is 2.53 bits per heavy atom. The second-order valence-corrected chi connectivity index (χ2v) is 2.92. The molecule has 0 aliphatic carbocycles. The Hall–Kier alpha value is -2.11. The van der Waals surface area contributed by atoms with Crippen molar-refractivity contribution in [2.75, 3.05) is 0 Å². The number of carbonyl (C=O) groups is 1. The van der Waals surface area contributed by atoms with Gasteiger partial charge in [0, 0.05) is 11.9 Å². The van der Waals surface area contributed by atoms with Crippen molar-refractivity contribution in [3.8, 4) is 0 Å². The number of aromatic nitrogens is 2. The zero-order chi connectivity index (χ0) is 11.3. The summed E-state index contributed by atoms with van der Waals surface area (Å²) in [7, 11) is 0. The summed E-state index contributed by atoms with van der Waals surface area (Å²) in [6, 6.07) is 1.63. The van der Waals surface area contributed by atoms with E-state index < -0.39 is 5.91 Å². The molecule has 1 heterocycles. The van der Waals surface area contributed by atoms with E-state index in [9.17, 15) is 4.79 Å². The fourth-order valence-electron chi connectivity index (χ4n) is 1.05. The molecule has 0 fully saturated rings. The standard InChI is InChI=1S/C9H13N5O/c1-7-5-8(9(11)15)13-14(7)6-12-4-2-3-10/h2-5,10,12H,6H2,1H3,(H2,11,15)/b4-2-,10-3?. The lowest BCUT2D eigenvalue weighted by molar-refractivity contribution is 0.0994. The number of rotatable bonds is 5. The summed E-state index contributed by atoms with van der Waals surface area (Å²) in [5, 5.41) is 13.7. The zero-order valence-corrected chi connectivity index (χ0v) is 8.40. The number of nitrogens with one attached hydrogen (secondary N) is 2. The third-order valence-corrected chi connectivity index (χ3v) is 1.78. The van der Waals surface area contributed by atoms with Gasteiger partial charge in [0.2, 0.25) is 0 Å². The first-order valence-electron chi connectivity index (χ1n) is 4.38. The van der Waals surface area contributed by atoms with Crippen LogP contribution in [0.5, 0.6) is 0 Å². The lowest BCUT2D eigenvalue weighted by atomic mass is 10.4. The van der Waals surface area contributed by atoms with Gasteiger partial charge >= 0.3 is 0 Å². The van der Waals surface area contributed by atoms with Crippen LogP contribution in [0.4, 0.5) is 0 Å². The van der Waals surface area contributed by atoms with Gasteiger partial charge < -0.3 is 16.5 Å². The Morgan fingerprint density at radius 1 is 1.80 bits per heavy atom. The van der Waals surface area contributed by atoms with E-state index >= 15 is 0 Å². The molecule has 4 N–H and O–H groups in total. The van der Waals surface area contributed by atoms with Crippen LogP contribution in [0.2, 0.25) is 0 Å². The summed E-state index contributed by atoms with van der Waals surface area (Å²) in [4.78, 5) is 10.8. The molecular formula is C9H13N5O. The summed E-state index contributed by atoms with van der Waals surface area (Å²) >= 11 is 0. The number of aryl methyl sites for hydroxylation is 1. The Bertz CT molecular complexity index is 393. The van der Waals surface area contributed by atoms with Gasteiger partial charge in [-0.2, -0.15) is 5.10 Å². The highest BCUT2D eigenvalue weighted by atomic mass is 16.1. The molecule has 1 rings (SSSR count). The molecule has 0 aliphatic heterocycles. The average Bonchev–Trinajstić information content (AvgIpc) is 2.55. The number of hydrogen-bond donors (Lipinski definition) is 3. The third kappa shape index (κ3) is 2.94. The van der Waals surface area contributed by atoms with Gasteiger partial charge in [-0.25, -0.2) is 4.68 Å². The zero-order valence-electron chi connectivity index (χ0n) is 8.40. The smallest absolute Gasteiger partial charge is 0.269 e. The first-order chi connectivity index (χ1) is 7.15. The Labute approximate surface area is 87.3 Å². The number of carbonyl (C=O) groups excluding carboxylic acids is 1. The molecule has 6 heteroatoms. The molecule has 0 aromatic carbocycles. The molecule has 15 heavy (non-hydrogen) atoms. The fraction of sp³-hybridized carbons (Fsp3) is 0.222. The molecule has 0 saturated carbocycles. The third-order valence-electron chi connectivity index (χ3n) is 1.78.